The van der Waals surface area contributed by atoms with Crippen LogP contribution >= 0.6 is 11.3 Å². The van der Waals surface area contributed by atoms with Gasteiger partial charge in [0.25, 0.3) is 0 Å². The molecule has 0 radical (unpaired) electrons. The first-order valence-electron chi connectivity index (χ1n) is 9.76. The summed E-state index contributed by atoms with van der Waals surface area (Å²) < 4.78 is 5.52. The Morgan fingerprint density at radius 2 is 1.89 bits per heavy atom. The van der Waals surface area contributed by atoms with Crippen molar-refractivity contribution in [3.05, 3.63) is 52.2 Å². The summed E-state index contributed by atoms with van der Waals surface area (Å²) in [6.45, 7) is 6.27. The second-order valence-electron chi connectivity index (χ2n) is 7.47. The molecule has 27 heavy (non-hydrogen) atoms. The van der Waals surface area contributed by atoms with Gasteiger partial charge in [0.1, 0.15) is 5.75 Å². The zero-order chi connectivity index (χ0) is 19.2. The monoisotopic (exact) mass is 386 g/mol. The maximum atomic E-state index is 13.2. The van der Waals surface area contributed by atoms with E-state index < -0.39 is 0 Å². The molecule has 0 bridgehead atoms. The van der Waals surface area contributed by atoms with Gasteiger partial charge < -0.3 is 9.64 Å². The smallest absolute Gasteiger partial charge is 0.237 e. The number of rotatable bonds is 7. The summed E-state index contributed by atoms with van der Waals surface area (Å²) in [4.78, 5) is 18.8. The van der Waals surface area contributed by atoms with Gasteiger partial charge in [-0.05, 0) is 50.6 Å². The molecular formula is C22H30N2O2S. The molecule has 5 heteroatoms. The number of benzene rings is 1. The minimum Gasteiger partial charge on any atom is -0.496 e. The topological polar surface area (TPSA) is 32.8 Å². The Morgan fingerprint density at radius 1 is 1.15 bits per heavy atom. The number of methoxy groups -OCH3 is 1. The van der Waals surface area contributed by atoms with Gasteiger partial charge in [-0.1, -0.05) is 24.3 Å². The highest BCUT2D eigenvalue weighted by atomic mass is 32.1. The molecule has 0 N–H and O–H groups in total. The predicted molar refractivity (Wildman–Crippen MR) is 111 cm³/mol. The van der Waals surface area contributed by atoms with E-state index in [1.165, 1.54) is 11.3 Å². The number of para-hydroxylation sites is 1. The molecule has 2 aromatic rings. The van der Waals surface area contributed by atoms with Gasteiger partial charge >= 0.3 is 0 Å². The summed E-state index contributed by atoms with van der Waals surface area (Å²) in [5, 5.41) is 2.09. The highest BCUT2D eigenvalue weighted by molar-refractivity contribution is 7.09. The van der Waals surface area contributed by atoms with Crippen LogP contribution < -0.4 is 4.74 Å². The summed E-state index contributed by atoms with van der Waals surface area (Å²) in [6, 6.07) is 12.9. The maximum absolute atomic E-state index is 13.2. The average Bonchev–Trinajstić information content (AvgIpc) is 3.15. The molecule has 1 amide bonds. The first-order valence-corrected chi connectivity index (χ1v) is 10.6. The van der Waals surface area contributed by atoms with Gasteiger partial charge in [-0.15, -0.1) is 11.3 Å². The van der Waals surface area contributed by atoms with Crippen LogP contribution in [-0.4, -0.2) is 41.4 Å². The second-order valence-corrected chi connectivity index (χ2v) is 8.50. The van der Waals surface area contributed by atoms with Crippen molar-refractivity contribution in [3.8, 4) is 5.75 Å². The van der Waals surface area contributed by atoms with E-state index in [-0.39, 0.29) is 5.91 Å². The van der Waals surface area contributed by atoms with Crippen LogP contribution in [0, 0.1) is 0 Å². The Hall–Kier alpha value is -1.85. The summed E-state index contributed by atoms with van der Waals surface area (Å²) in [5.41, 5.74) is 1.11. The number of nitrogens with zero attached hydrogens (tertiary/aromatic N) is 2. The lowest BCUT2D eigenvalue weighted by atomic mass is 9.97. The quantitative estimate of drug-likeness (QED) is 0.700. The molecule has 1 saturated heterocycles. The number of hydrogen-bond donors (Lipinski definition) is 0. The predicted octanol–water partition coefficient (Wildman–Crippen LogP) is 4.55. The van der Waals surface area contributed by atoms with Crippen molar-refractivity contribution in [2.45, 2.75) is 58.3 Å². The van der Waals surface area contributed by atoms with Gasteiger partial charge in [0.15, 0.2) is 0 Å². The lowest BCUT2D eigenvalue weighted by Crippen LogP contribution is -2.50. The largest absolute Gasteiger partial charge is 0.496 e. The Kier molecular flexibility index (Phi) is 6.91. The van der Waals surface area contributed by atoms with Gasteiger partial charge in [0.2, 0.25) is 5.91 Å². The fraction of sp³-hybridized carbons (Fsp3) is 0.500. The maximum Gasteiger partial charge on any atom is 0.237 e. The van der Waals surface area contributed by atoms with Gasteiger partial charge in [-0.25, -0.2) is 0 Å². The van der Waals surface area contributed by atoms with Crippen molar-refractivity contribution in [3.63, 3.8) is 0 Å². The zero-order valence-electron chi connectivity index (χ0n) is 16.6. The van der Waals surface area contributed by atoms with E-state index in [4.69, 9.17) is 4.74 Å². The molecule has 0 spiro atoms. The third kappa shape index (κ3) is 5.11. The number of hydrogen-bond acceptors (Lipinski definition) is 4. The molecule has 3 rings (SSSR count). The highest BCUT2D eigenvalue weighted by Gasteiger charge is 2.30. The average molecular weight is 387 g/mol. The molecule has 1 fully saturated rings. The molecule has 2 unspecified atom stereocenters. The lowest BCUT2D eigenvalue weighted by molar-refractivity contribution is -0.138. The van der Waals surface area contributed by atoms with Crippen LogP contribution in [-0.2, 0) is 17.9 Å². The van der Waals surface area contributed by atoms with Crippen LogP contribution in [0.15, 0.2) is 41.8 Å². The third-order valence-corrected chi connectivity index (χ3v) is 6.25. The van der Waals surface area contributed by atoms with Crippen LogP contribution in [0.5, 0.6) is 5.75 Å². The van der Waals surface area contributed by atoms with E-state index >= 15 is 0 Å². The fourth-order valence-electron chi connectivity index (χ4n) is 4.05. The van der Waals surface area contributed by atoms with Crippen molar-refractivity contribution < 1.29 is 9.53 Å². The molecule has 0 saturated carbocycles. The highest BCUT2D eigenvalue weighted by Crippen LogP contribution is 2.25. The number of likely N-dealkylation sites (tertiary alicyclic amines) is 1. The molecule has 2 heterocycles. The first-order chi connectivity index (χ1) is 13.1. The molecule has 1 aromatic carbocycles. The van der Waals surface area contributed by atoms with Crippen LogP contribution in [0.1, 0.15) is 43.6 Å². The molecular weight excluding hydrogens is 356 g/mol. The van der Waals surface area contributed by atoms with E-state index in [0.29, 0.717) is 25.2 Å². The molecule has 4 nitrogen and oxygen atoms in total. The normalized spacial score (nSPS) is 20.1. The number of piperidine rings is 1. The van der Waals surface area contributed by atoms with Gasteiger partial charge in [0.05, 0.1) is 13.7 Å². The summed E-state index contributed by atoms with van der Waals surface area (Å²) in [7, 11) is 1.70. The van der Waals surface area contributed by atoms with Crippen LogP contribution in [0.25, 0.3) is 0 Å². The number of amides is 1. The number of ether oxygens (including phenoxy) is 1. The molecule has 0 aliphatic carbocycles. The fourth-order valence-corrected chi connectivity index (χ4v) is 4.80. The Labute approximate surface area is 166 Å². The van der Waals surface area contributed by atoms with Crippen molar-refractivity contribution in [1.82, 2.24) is 9.80 Å². The van der Waals surface area contributed by atoms with E-state index in [0.717, 1.165) is 30.7 Å². The molecule has 146 valence electrons. The Balaban J connectivity index is 1.76. The minimum absolute atomic E-state index is 0.237. The van der Waals surface area contributed by atoms with Crippen LogP contribution in [0.2, 0.25) is 0 Å². The molecule has 1 aromatic heterocycles. The SMILES string of the molecule is COc1ccccc1CN(CC(=O)N1C(C)CCCC1C)Cc1cccs1. The van der Waals surface area contributed by atoms with E-state index in [1.807, 2.05) is 18.2 Å². The van der Waals surface area contributed by atoms with Crippen LogP contribution in [0.3, 0.4) is 0 Å². The van der Waals surface area contributed by atoms with Crippen molar-refractivity contribution in [2.24, 2.45) is 0 Å². The minimum atomic E-state index is 0.237. The first kappa shape index (κ1) is 19.9. The molecule has 2 atom stereocenters. The Bertz CT molecular complexity index is 722. The van der Waals surface area contributed by atoms with Crippen molar-refractivity contribution in [1.29, 1.82) is 0 Å². The summed E-state index contributed by atoms with van der Waals surface area (Å²) in [5.74, 6) is 1.11. The summed E-state index contributed by atoms with van der Waals surface area (Å²) >= 11 is 1.74. The van der Waals surface area contributed by atoms with Crippen molar-refractivity contribution in [2.75, 3.05) is 13.7 Å². The number of thiophene rings is 1. The zero-order valence-corrected chi connectivity index (χ0v) is 17.4. The van der Waals surface area contributed by atoms with Crippen molar-refractivity contribution >= 4 is 17.2 Å². The van der Waals surface area contributed by atoms with Gasteiger partial charge in [-0.3, -0.25) is 9.69 Å². The third-order valence-electron chi connectivity index (χ3n) is 5.39. The second kappa shape index (κ2) is 9.38. The van der Waals surface area contributed by atoms with Gasteiger partial charge in [-0.2, -0.15) is 0 Å². The number of carbonyl (C=O) groups excluding carboxylic acids is 1. The molecule has 1 aliphatic heterocycles. The van der Waals surface area contributed by atoms with E-state index in [9.17, 15) is 4.79 Å². The molecule has 1 aliphatic rings. The van der Waals surface area contributed by atoms with Gasteiger partial charge in [0, 0.05) is 35.6 Å². The standard InChI is InChI=1S/C22H30N2O2S/c1-17-8-6-9-18(2)24(17)22(25)16-23(15-20-11-7-13-27-20)14-19-10-4-5-12-21(19)26-3/h4-5,7,10-13,17-18H,6,8-9,14-16H2,1-3H3. The Morgan fingerprint density at radius 3 is 2.56 bits per heavy atom. The summed E-state index contributed by atoms with van der Waals surface area (Å²) in [6.07, 6.45) is 3.42. The van der Waals surface area contributed by atoms with E-state index in [1.54, 1.807) is 18.4 Å². The van der Waals surface area contributed by atoms with Crippen LogP contribution in [0.4, 0.5) is 0 Å². The number of carbonyl (C=O) groups is 1. The van der Waals surface area contributed by atoms with E-state index in [2.05, 4.69) is 47.2 Å². The lowest BCUT2D eigenvalue weighted by Gasteiger charge is -2.40.